The van der Waals surface area contributed by atoms with Crippen molar-refractivity contribution < 1.29 is 14.4 Å². The normalized spacial score (nSPS) is 12.7. The average molecular weight is 366 g/mol. The molecule has 2 aromatic carbocycles. The van der Waals surface area contributed by atoms with Gasteiger partial charge in [0.2, 0.25) is 5.91 Å². The van der Waals surface area contributed by atoms with Crippen molar-refractivity contribution in [1.29, 1.82) is 0 Å². The molecule has 3 rings (SSSR count). The monoisotopic (exact) mass is 366 g/mol. The van der Waals surface area contributed by atoms with Crippen LogP contribution in [0.4, 0.5) is 16.2 Å². The number of carbonyl (C=O) groups is 3. The van der Waals surface area contributed by atoms with E-state index in [9.17, 15) is 14.4 Å². The maximum absolute atomic E-state index is 12.2. The molecule has 1 fully saturated rings. The first-order valence-electron chi connectivity index (χ1n) is 8.91. The summed E-state index contributed by atoms with van der Waals surface area (Å²) in [5, 5.41) is 11.0. The molecule has 4 N–H and O–H groups in total. The third-order valence-electron chi connectivity index (χ3n) is 4.03. The van der Waals surface area contributed by atoms with Gasteiger partial charge in [-0.25, -0.2) is 4.79 Å². The highest BCUT2D eigenvalue weighted by Crippen LogP contribution is 2.21. The SMILES string of the molecule is O=C(CCNC(=O)Nc1ccccc1)Nc1ccccc1C(=O)NC1CC1. The molecule has 0 atom stereocenters. The molecule has 27 heavy (non-hydrogen) atoms. The zero-order valence-corrected chi connectivity index (χ0v) is 14.8. The van der Waals surface area contributed by atoms with Crippen LogP contribution in [0.5, 0.6) is 0 Å². The Morgan fingerprint density at radius 3 is 2.33 bits per heavy atom. The fourth-order valence-electron chi connectivity index (χ4n) is 2.48. The fraction of sp³-hybridized carbons (Fsp3) is 0.250. The lowest BCUT2D eigenvalue weighted by molar-refractivity contribution is -0.116. The van der Waals surface area contributed by atoms with Gasteiger partial charge >= 0.3 is 6.03 Å². The second kappa shape index (κ2) is 8.84. The topological polar surface area (TPSA) is 99.3 Å². The summed E-state index contributed by atoms with van der Waals surface area (Å²) in [7, 11) is 0. The highest BCUT2D eigenvalue weighted by atomic mass is 16.2. The van der Waals surface area contributed by atoms with E-state index in [2.05, 4.69) is 21.3 Å². The van der Waals surface area contributed by atoms with Gasteiger partial charge in [-0.1, -0.05) is 30.3 Å². The van der Waals surface area contributed by atoms with Gasteiger partial charge < -0.3 is 21.3 Å². The fourth-order valence-corrected chi connectivity index (χ4v) is 2.48. The molecule has 0 bridgehead atoms. The standard InChI is InChI=1S/C20H22N4O3/c25-18(12-13-21-20(27)23-14-6-2-1-3-7-14)24-17-9-5-4-8-16(17)19(26)22-15-10-11-15/h1-9,15H,10-13H2,(H,22,26)(H,24,25)(H2,21,23,27). The van der Waals surface area contributed by atoms with Gasteiger partial charge in [0.1, 0.15) is 0 Å². The van der Waals surface area contributed by atoms with Crippen LogP contribution in [0.15, 0.2) is 54.6 Å². The second-order valence-corrected chi connectivity index (χ2v) is 6.34. The first-order chi connectivity index (χ1) is 13.1. The van der Waals surface area contributed by atoms with Gasteiger partial charge in [0.25, 0.3) is 5.91 Å². The minimum atomic E-state index is -0.377. The summed E-state index contributed by atoms with van der Waals surface area (Å²) in [5.74, 6) is -0.463. The van der Waals surface area contributed by atoms with E-state index >= 15 is 0 Å². The molecule has 0 spiro atoms. The molecule has 140 valence electrons. The molecule has 2 aromatic rings. The van der Waals surface area contributed by atoms with Gasteiger partial charge in [-0.05, 0) is 37.1 Å². The Morgan fingerprint density at radius 1 is 0.889 bits per heavy atom. The number of anilines is 2. The molecule has 4 amide bonds. The van der Waals surface area contributed by atoms with Gasteiger partial charge in [0.05, 0.1) is 11.3 Å². The van der Waals surface area contributed by atoms with Crippen LogP contribution in [0.25, 0.3) is 0 Å². The molecule has 0 unspecified atom stereocenters. The Bertz CT molecular complexity index is 819. The summed E-state index contributed by atoms with van der Waals surface area (Å²) in [6.45, 7) is 0.181. The van der Waals surface area contributed by atoms with E-state index < -0.39 is 0 Å². The van der Waals surface area contributed by atoms with Gasteiger partial charge in [-0.2, -0.15) is 0 Å². The summed E-state index contributed by atoms with van der Waals surface area (Å²) in [6, 6.07) is 15.8. The van der Waals surface area contributed by atoms with E-state index in [0.717, 1.165) is 12.8 Å². The number of benzene rings is 2. The first kappa shape index (κ1) is 18.4. The van der Waals surface area contributed by atoms with Crippen LogP contribution in [-0.4, -0.2) is 30.4 Å². The molecule has 1 saturated carbocycles. The van der Waals surface area contributed by atoms with Crippen molar-refractivity contribution in [2.45, 2.75) is 25.3 Å². The number of amides is 4. The van der Waals surface area contributed by atoms with Crippen molar-refractivity contribution in [2.75, 3.05) is 17.2 Å². The molecular weight excluding hydrogens is 344 g/mol. The number of hydrogen-bond acceptors (Lipinski definition) is 3. The molecule has 0 heterocycles. The molecule has 7 nitrogen and oxygen atoms in total. The van der Waals surface area contributed by atoms with Crippen LogP contribution in [0.2, 0.25) is 0 Å². The predicted molar refractivity (Wildman–Crippen MR) is 104 cm³/mol. The third-order valence-corrected chi connectivity index (χ3v) is 4.03. The lowest BCUT2D eigenvalue weighted by Crippen LogP contribution is -2.32. The van der Waals surface area contributed by atoms with Crippen LogP contribution in [-0.2, 0) is 4.79 Å². The van der Waals surface area contributed by atoms with Crippen molar-refractivity contribution in [2.24, 2.45) is 0 Å². The molecule has 0 radical (unpaired) electrons. The van der Waals surface area contributed by atoms with E-state index in [1.165, 1.54) is 0 Å². The van der Waals surface area contributed by atoms with Crippen molar-refractivity contribution in [3.05, 3.63) is 60.2 Å². The quantitative estimate of drug-likeness (QED) is 0.606. The summed E-state index contributed by atoms with van der Waals surface area (Å²) in [5.41, 5.74) is 1.58. The molecule has 1 aliphatic rings. The van der Waals surface area contributed by atoms with Crippen molar-refractivity contribution in [1.82, 2.24) is 10.6 Å². The Hall–Kier alpha value is -3.35. The average Bonchev–Trinajstić information content (AvgIpc) is 3.47. The summed E-state index contributed by atoms with van der Waals surface area (Å²) < 4.78 is 0. The summed E-state index contributed by atoms with van der Waals surface area (Å²) in [4.78, 5) is 36.2. The molecule has 7 heteroatoms. The highest BCUT2D eigenvalue weighted by Gasteiger charge is 2.24. The van der Waals surface area contributed by atoms with Crippen molar-refractivity contribution in [3.63, 3.8) is 0 Å². The lowest BCUT2D eigenvalue weighted by atomic mass is 10.1. The molecular formula is C20H22N4O3. The second-order valence-electron chi connectivity index (χ2n) is 6.34. The van der Waals surface area contributed by atoms with E-state index in [1.54, 1.807) is 36.4 Å². The van der Waals surface area contributed by atoms with Gasteiger partial charge in [-0.3, -0.25) is 9.59 Å². The largest absolute Gasteiger partial charge is 0.349 e. The zero-order valence-electron chi connectivity index (χ0n) is 14.8. The van der Waals surface area contributed by atoms with Crippen molar-refractivity contribution >= 4 is 29.2 Å². The Kier molecular flexibility index (Phi) is 6.04. The lowest BCUT2D eigenvalue weighted by Gasteiger charge is -2.11. The molecule has 0 saturated heterocycles. The third kappa shape index (κ3) is 5.85. The first-order valence-corrected chi connectivity index (χ1v) is 8.91. The van der Waals surface area contributed by atoms with Gasteiger partial charge in [-0.15, -0.1) is 0 Å². The van der Waals surface area contributed by atoms with E-state index in [-0.39, 0.29) is 36.9 Å². The Balaban J connectivity index is 1.45. The Labute approximate surface area is 157 Å². The van der Waals surface area contributed by atoms with E-state index in [1.807, 2.05) is 18.2 Å². The minimum Gasteiger partial charge on any atom is -0.349 e. The number of urea groups is 1. The zero-order chi connectivity index (χ0) is 19.1. The highest BCUT2D eigenvalue weighted by molar-refractivity contribution is 6.04. The summed E-state index contributed by atoms with van der Waals surface area (Å²) in [6.07, 6.45) is 2.09. The van der Waals surface area contributed by atoms with Gasteiger partial charge in [0, 0.05) is 24.7 Å². The number of para-hydroxylation sites is 2. The smallest absolute Gasteiger partial charge is 0.319 e. The van der Waals surface area contributed by atoms with Crippen LogP contribution in [0.3, 0.4) is 0 Å². The van der Waals surface area contributed by atoms with E-state index in [0.29, 0.717) is 16.9 Å². The number of carbonyl (C=O) groups excluding carboxylic acids is 3. The minimum absolute atomic E-state index is 0.0980. The number of rotatable bonds is 7. The van der Waals surface area contributed by atoms with E-state index in [4.69, 9.17) is 0 Å². The van der Waals surface area contributed by atoms with Crippen LogP contribution in [0.1, 0.15) is 29.6 Å². The molecule has 0 aromatic heterocycles. The van der Waals surface area contributed by atoms with Crippen LogP contribution in [0, 0.1) is 0 Å². The maximum Gasteiger partial charge on any atom is 0.319 e. The number of nitrogens with one attached hydrogen (secondary N) is 4. The van der Waals surface area contributed by atoms with Crippen molar-refractivity contribution in [3.8, 4) is 0 Å². The molecule has 1 aliphatic carbocycles. The maximum atomic E-state index is 12.2. The summed E-state index contributed by atoms with van der Waals surface area (Å²) >= 11 is 0. The van der Waals surface area contributed by atoms with Gasteiger partial charge in [0.15, 0.2) is 0 Å². The predicted octanol–water partition coefficient (Wildman–Crippen LogP) is 2.73. The van der Waals surface area contributed by atoms with Crippen LogP contribution >= 0.6 is 0 Å². The molecule has 0 aliphatic heterocycles. The number of hydrogen-bond donors (Lipinski definition) is 4. The Morgan fingerprint density at radius 2 is 1.59 bits per heavy atom. The van der Waals surface area contributed by atoms with Crippen LogP contribution < -0.4 is 21.3 Å².